The van der Waals surface area contributed by atoms with Crippen LogP contribution in [0.4, 0.5) is 0 Å². The number of benzene rings is 1. The molecule has 3 rings (SSSR count). The molecule has 2 aliphatic carbocycles. The minimum Gasteiger partial charge on any atom is -0.0879 e. The summed E-state index contributed by atoms with van der Waals surface area (Å²) in [7, 11) is 0. The molecular weight excluding hydrogens is 336 g/mol. The van der Waals surface area contributed by atoms with Gasteiger partial charge in [-0.15, -0.1) is 0 Å². The molecule has 1 aromatic rings. The Morgan fingerprint density at radius 2 is 1.25 bits per heavy atom. The van der Waals surface area contributed by atoms with Gasteiger partial charge < -0.3 is 0 Å². The highest BCUT2D eigenvalue weighted by Crippen LogP contribution is 2.42. The lowest BCUT2D eigenvalue weighted by molar-refractivity contribution is 0.144. The summed E-state index contributed by atoms with van der Waals surface area (Å²) >= 11 is 0. The van der Waals surface area contributed by atoms with Crippen LogP contribution in [0.1, 0.15) is 102 Å². The van der Waals surface area contributed by atoms with Gasteiger partial charge in [0.1, 0.15) is 0 Å². The quantitative estimate of drug-likeness (QED) is 0.376. The van der Waals surface area contributed by atoms with Gasteiger partial charge in [0.25, 0.3) is 0 Å². The van der Waals surface area contributed by atoms with Crippen LogP contribution in [-0.2, 0) is 12.8 Å². The molecule has 2 aliphatic rings. The molecule has 2 saturated carbocycles. The smallest absolute Gasteiger partial charge is 0.00975 e. The molecule has 156 valence electrons. The van der Waals surface area contributed by atoms with Crippen molar-refractivity contribution in [1.82, 2.24) is 0 Å². The average Bonchev–Trinajstić information content (AvgIpc) is 2.74. The Kier molecular flexibility index (Phi) is 9.16. The van der Waals surface area contributed by atoms with E-state index in [0.717, 1.165) is 30.1 Å². The predicted molar refractivity (Wildman–Crippen MR) is 124 cm³/mol. The summed E-state index contributed by atoms with van der Waals surface area (Å²) in [4.78, 5) is 0. The van der Waals surface area contributed by atoms with Gasteiger partial charge in [-0.3, -0.25) is 0 Å². The van der Waals surface area contributed by atoms with E-state index in [1.54, 1.807) is 0 Å². The van der Waals surface area contributed by atoms with Crippen molar-refractivity contribution in [1.29, 1.82) is 0 Å². The first-order valence-electron chi connectivity index (χ1n) is 12.5. The molecule has 0 spiro atoms. The maximum absolute atomic E-state index is 2.47. The van der Waals surface area contributed by atoms with Gasteiger partial charge in [-0.2, -0.15) is 0 Å². The van der Waals surface area contributed by atoms with Gasteiger partial charge in [0.2, 0.25) is 0 Å². The van der Waals surface area contributed by atoms with Crippen LogP contribution in [0.15, 0.2) is 36.4 Å². The van der Waals surface area contributed by atoms with Crippen LogP contribution < -0.4 is 0 Å². The predicted octanol–water partition coefficient (Wildman–Crippen LogP) is 8.54. The Bertz CT molecular complexity index is 550. The van der Waals surface area contributed by atoms with Crippen molar-refractivity contribution in [2.45, 2.75) is 104 Å². The first-order chi connectivity index (χ1) is 13.8. The Balaban J connectivity index is 1.31. The molecule has 0 nitrogen and oxygen atoms in total. The molecule has 0 aromatic heterocycles. The van der Waals surface area contributed by atoms with Gasteiger partial charge in [-0.1, -0.05) is 82.4 Å². The summed E-state index contributed by atoms with van der Waals surface area (Å²) < 4.78 is 0. The Morgan fingerprint density at radius 1 is 0.679 bits per heavy atom. The Morgan fingerprint density at radius 3 is 1.82 bits per heavy atom. The fourth-order valence-electron chi connectivity index (χ4n) is 5.89. The van der Waals surface area contributed by atoms with Crippen LogP contribution in [0.25, 0.3) is 0 Å². The van der Waals surface area contributed by atoms with Gasteiger partial charge in [0.05, 0.1) is 0 Å². The van der Waals surface area contributed by atoms with Gasteiger partial charge in [-0.05, 0) is 92.6 Å². The van der Waals surface area contributed by atoms with Crippen LogP contribution in [0.2, 0.25) is 0 Å². The number of rotatable bonds is 9. The monoisotopic (exact) mass is 380 g/mol. The van der Waals surface area contributed by atoms with E-state index in [0.29, 0.717) is 0 Å². The van der Waals surface area contributed by atoms with Crippen LogP contribution in [0.5, 0.6) is 0 Å². The van der Waals surface area contributed by atoms with E-state index in [1.807, 2.05) is 0 Å². The van der Waals surface area contributed by atoms with E-state index in [1.165, 1.54) is 94.6 Å². The van der Waals surface area contributed by atoms with Crippen molar-refractivity contribution >= 4 is 0 Å². The van der Waals surface area contributed by atoms with E-state index in [2.05, 4.69) is 50.3 Å². The zero-order chi connectivity index (χ0) is 19.6. The van der Waals surface area contributed by atoms with E-state index < -0.39 is 0 Å². The SMILES string of the molecule is CCCc1ccc(C/C=C\CC2CCC(C3CCC(CCC)CC3)CC2)cc1. The summed E-state index contributed by atoms with van der Waals surface area (Å²) in [5.74, 6) is 4.14. The van der Waals surface area contributed by atoms with Crippen LogP contribution in [0, 0.1) is 23.7 Å². The number of allylic oxidation sites excluding steroid dienone is 2. The largest absolute Gasteiger partial charge is 0.0879 e. The van der Waals surface area contributed by atoms with E-state index in [-0.39, 0.29) is 0 Å². The summed E-state index contributed by atoms with van der Waals surface area (Å²) in [6.45, 7) is 4.60. The second kappa shape index (κ2) is 11.8. The first-order valence-corrected chi connectivity index (χ1v) is 12.5. The molecule has 0 saturated heterocycles. The molecule has 0 radical (unpaired) electrons. The third-order valence-corrected chi connectivity index (χ3v) is 7.70. The summed E-state index contributed by atoms with van der Waals surface area (Å²) in [6, 6.07) is 9.25. The standard InChI is InChI=1S/C28H44/c1-3-7-23-11-13-25(14-12-23)9-5-6-10-26-17-21-28(22-18-26)27-19-15-24(8-4-2)16-20-27/h5-6,11-14,24,26-28H,3-4,7-10,15-22H2,1-2H3/b6-5-. The molecule has 0 heteroatoms. The Labute approximate surface area is 175 Å². The molecule has 0 aliphatic heterocycles. The second-order valence-electron chi connectivity index (χ2n) is 9.83. The molecule has 28 heavy (non-hydrogen) atoms. The summed E-state index contributed by atoms with van der Waals surface area (Å²) in [6.07, 6.45) is 24.7. The zero-order valence-corrected chi connectivity index (χ0v) is 18.7. The van der Waals surface area contributed by atoms with Crippen molar-refractivity contribution in [2.75, 3.05) is 0 Å². The van der Waals surface area contributed by atoms with Crippen molar-refractivity contribution in [3.8, 4) is 0 Å². The zero-order valence-electron chi connectivity index (χ0n) is 18.7. The lowest BCUT2D eigenvalue weighted by Crippen LogP contribution is -2.25. The van der Waals surface area contributed by atoms with Crippen LogP contribution in [-0.4, -0.2) is 0 Å². The third-order valence-electron chi connectivity index (χ3n) is 7.70. The summed E-state index contributed by atoms with van der Waals surface area (Å²) in [5.41, 5.74) is 2.93. The molecule has 0 N–H and O–H groups in total. The van der Waals surface area contributed by atoms with E-state index in [4.69, 9.17) is 0 Å². The molecule has 0 amide bonds. The molecule has 0 unspecified atom stereocenters. The highest BCUT2D eigenvalue weighted by molar-refractivity contribution is 5.24. The number of hydrogen-bond donors (Lipinski definition) is 0. The van der Waals surface area contributed by atoms with Gasteiger partial charge >= 0.3 is 0 Å². The Hall–Kier alpha value is -1.04. The van der Waals surface area contributed by atoms with E-state index >= 15 is 0 Å². The normalized spacial score (nSPS) is 28.6. The molecule has 2 fully saturated rings. The van der Waals surface area contributed by atoms with Crippen LogP contribution in [0.3, 0.4) is 0 Å². The number of hydrogen-bond acceptors (Lipinski definition) is 0. The summed E-state index contributed by atoms with van der Waals surface area (Å²) in [5, 5.41) is 0. The number of aryl methyl sites for hydroxylation is 1. The molecule has 0 bridgehead atoms. The lowest BCUT2D eigenvalue weighted by atomic mass is 9.68. The first kappa shape index (κ1) is 21.7. The van der Waals surface area contributed by atoms with Gasteiger partial charge in [0.15, 0.2) is 0 Å². The fraction of sp³-hybridized carbons (Fsp3) is 0.714. The minimum atomic E-state index is 0.955. The maximum Gasteiger partial charge on any atom is -0.00975 e. The average molecular weight is 381 g/mol. The molecule has 0 atom stereocenters. The van der Waals surface area contributed by atoms with Crippen molar-refractivity contribution in [2.24, 2.45) is 23.7 Å². The maximum atomic E-state index is 2.47. The van der Waals surface area contributed by atoms with Crippen molar-refractivity contribution in [3.63, 3.8) is 0 Å². The molecular formula is C28H44. The minimum absolute atomic E-state index is 0.955. The van der Waals surface area contributed by atoms with Crippen LogP contribution >= 0.6 is 0 Å². The van der Waals surface area contributed by atoms with Gasteiger partial charge in [0, 0.05) is 0 Å². The highest BCUT2D eigenvalue weighted by atomic mass is 14.4. The fourth-order valence-corrected chi connectivity index (χ4v) is 5.89. The molecule has 1 aromatic carbocycles. The van der Waals surface area contributed by atoms with Crippen molar-refractivity contribution in [3.05, 3.63) is 47.5 Å². The highest BCUT2D eigenvalue weighted by Gasteiger charge is 2.30. The second-order valence-corrected chi connectivity index (χ2v) is 9.83. The molecule has 0 heterocycles. The van der Waals surface area contributed by atoms with Crippen molar-refractivity contribution < 1.29 is 0 Å². The lowest BCUT2D eigenvalue weighted by Gasteiger charge is -2.37. The van der Waals surface area contributed by atoms with Gasteiger partial charge in [-0.25, -0.2) is 0 Å². The van der Waals surface area contributed by atoms with E-state index in [9.17, 15) is 0 Å². The topological polar surface area (TPSA) is 0 Å². The third kappa shape index (κ3) is 6.78.